The van der Waals surface area contributed by atoms with Crippen molar-refractivity contribution in [3.05, 3.63) is 35.1 Å². The van der Waals surface area contributed by atoms with E-state index in [2.05, 4.69) is 10.2 Å². The molecule has 19 heavy (non-hydrogen) atoms. The van der Waals surface area contributed by atoms with Crippen molar-refractivity contribution < 1.29 is 9.13 Å². The molecule has 106 valence electrons. The minimum Gasteiger partial charge on any atom is -0.379 e. The average molecular weight is 266 g/mol. The SMILES string of the molecule is Cc1cc(F)ccc1CNCCCN1CCOCC1. The van der Waals surface area contributed by atoms with E-state index in [1.165, 1.54) is 11.6 Å². The van der Waals surface area contributed by atoms with Crippen LogP contribution in [0.15, 0.2) is 18.2 Å². The van der Waals surface area contributed by atoms with E-state index in [-0.39, 0.29) is 5.82 Å². The van der Waals surface area contributed by atoms with Crippen LogP contribution in [0.25, 0.3) is 0 Å². The molecule has 0 aromatic heterocycles. The van der Waals surface area contributed by atoms with E-state index in [0.29, 0.717) is 0 Å². The maximum absolute atomic E-state index is 13.0. The van der Waals surface area contributed by atoms with E-state index in [4.69, 9.17) is 4.74 Å². The highest BCUT2D eigenvalue weighted by Crippen LogP contribution is 2.09. The third-order valence-corrected chi connectivity index (χ3v) is 3.55. The van der Waals surface area contributed by atoms with Crippen molar-refractivity contribution in [2.75, 3.05) is 39.4 Å². The molecule has 1 aliphatic rings. The Morgan fingerprint density at radius 2 is 2.11 bits per heavy atom. The molecule has 2 rings (SSSR count). The van der Waals surface area contributed by atoms with Gasteiger partial charge in [-0.25, -0.2) is 4.39 Å². The normalized spacial score (nSPS) is 16.7. The summed E-state index contributed by atoms with van der Waals surface area (Å²) in [6.45, 7) is 8.72. The largest absolute Gasteiger partial charge is 0.379 e. The van der Waals surface area contributed by atoms with Crippen LogP contribution in [0.2, 0.25) is 0 Å². The van der Waals surface area contributed by atoms with Gasteiger partial charge in [0.15, 0.2) is 0 Å². The Bertz CT molecular complexity index is 392. The van der Waals surface area contributed by atoms with E-state index in [9.17, 15) is 4.39 Å². The van der Waals surface area contributed by atoms with Gasteiger partial charge in [-0.15, -0.1) is 0 Å². The molecule has 0 radical (unpaired) electrons. The second-order valence-electron chi connectivity index (χ2n) is 5.06. The van der Waals surface area contributed by atoms with Crippen molar-refractivity contribution in [1.82, 2.24) is 10.2 Å². The average Bonchev–Trinajstić information content (AvgIpc) is 2.42. The lowest BCUT2D eigenvalue weighted by Crippen LogP contribution is -2.37. The molecular weight excluding hydrogens is 243 g/mol. The van der Waals surface area contributed by atoms with Gasteiger partial charge in [-0.1, -0.05) is 6.07 Å². The summed E-state index contributed by atoms with van der Waals surface area (Å²) in [5.74, 6) is -0.159. The maximum atomic E-state index is 13.0. The van der Waals surface area contributed by atoms with Gasteiger partial charge in [0.1, 0.15) is 5.82 Å². The number of ether oxygens (including phenoxy) is 1. The van der Waals surface area contributed by atoms with Crippen LogP contribution in [0.1, 0.15) is 17.5 Å². The lowest BCUT2D eigenvalue weighted by molar-refractivity contribution is 0.0374. The Morgan fingerprint density at radius 1 is 1.32 bits per heavy atom. The van der Waals surface area contributed by atoms with Gasteiger partial charge in [0.05, 0.1) is 13.2 Å². The summed E-state index contributed by atoms with van der Waals surface area (Å²) in [5.41, 5.74) is 2.19. The molecule has 3 nitrogen and oxygen atoms in total. The second-order valence-corrected chi connectivity index (χ2v) is 5.06. The molecule has 0 amide bonds. The Morgan fingerprint density at radius 3 is 2.84 bits per heavy atom. The molecule has 0 aliphatic carbocycles. The number of aryl methyl sites for hydroxylation is 1. The molecule has 0 unspecified atom stereocenters. The van der Waals surface area contributed by atoms with Crippen LogP contribution >= 0.6 is 0 Å². The molecule has 1 aliphatic heterocycles. The molecule has 4 heteroatoms. The Balaban J connectivity index is 1.61. The van der Waals surface area contributed by atoms with Gasteiger partial charge in [-0.3, -0.25) is 4.90 Å². The third kappa shape index (κ3) is 4.90. The van der Waals surface area contributed by atoms with E-state index < -0.39 is 0 Å². The second kappa shape index (κ2) is 7.58. The summed E-state index contributed by atoms with van der Waals surface area (Å²) >= 11 is 0. The summed E-state index contributed by atoms with van der Waals surface area (Å²) in [6.07, 6.45) is 1.14. The lowest BCUT2D eigenvalue weighted by Gasteiger charge is -2.26. The van der Waals surface area contributed by atoms with Crippen LogP contribution in [-0.4, -0.2) is 44.3 Å². The van der Waals surface area contributed by atoms with Gasteiger partial charge in [-0.05, 0) is 49.7 Å². The molecule has 1 N–H and O–H groups in total. The molecule has 1 aromatic rings. The number of hydrogen-bond acceptors (Lipinski definition) is 3. The van der Waals surface area contributed by atoms with Crippen LogP contribution in [0.5, 0.6) is 0 Å². The summed E-state index contributed by atoms with van der Waals surface area (Å²) in [6, 6.07) is 4.97. The molecule has 0 bridgehead atoms. The maximum Gasteiger partial charge on any atom is 0.123 e. The van der Waals surface area contributed by atoms with Crippen LogP contribution in [-0.2, 0) is 11.3 Å². The molecule has 0 atom stereocenters. The first-order chi connectivity index (χ1) is 9.25. The standard InChI is InChI=1S/C15H23FN2O/c1-13-11-15(16)4-3-14(13)12-17-5-2-6-18-7-9-19-10-8-18/h3-4,11,17H,2,5-10,12H2,1H3. The summed E-state index contributed by atoms with van der Waals surface area (Å²) in [4.78, 5) is 2.44. The zero-order valence-corrected chi connectivity index (χ0v) is 11.6. The van der Waals surface area contributed by atoms with Crippen molar-refractivity contribution in [2.45, 2.75) is 19.9 Å². The highest BCUT2D eigenvalue weighted by Gasteiger charge is 2.08. The Labute approximate surface area is 114 Å². The van der Waals surface area contributed by atoms with Gasteiger partial charge < -0.3 is 10.1 Å². The first-order valence-corrected chi connectivity index (χ1v) is 7.01. The van der Waals surface area contributed by atoms with E-state index in [1.54, 1.807) is 6.07 Å². The van der Waals surface area contributed by atoms with E-state index in [1.807, 2.05) is 13.0 Å². The van der Waals surface area contributed by atoms with Gasteiger partial charge in [0.2, 0.25) is 0 Å². The van der Waals surface area contributed by atoms with Crippen molar-refractivity contribution >= 4 is 0 Å². The Hall–Kier alpha value is -0.970. The third-order valence-electron chi connectivity index (χ3n) is 3.55. The fourth-order valence-electron chi connectivity index (χ4n) is 2.33. The molecule has 1 fully saturated rings. The van der Waals surface area contributed by atoms with Crippen LogP contribution in [0.4, 0.5) is 4.39 Å². The van der Waals surface area contributed by atoms with Crippen molar-refractivity contribution in [3.63, 3.8) is 0 Å². The number of nitrogens with zero attached hydrogens (tertiary/aromatic N) is 1. The fraction of sp³-hybridized carbons (Fsp3) is 0.600. The number of hydrogen-bond donors (Lipinski definition) is 1. The van der Waals surface area contributed by atoms with Crippen molar-refractivity contribution in [2.24, 2.45) is 0 Å². The van der Waals surface area contributed by atoms with Crippen LogP contribution in [0.3, 0.4) is 0 Å². The van der Waals surface area contributed by atoms with Gasteiger partial charge in [0, 0.05) is 19.6 Å². The lowest BCUT2D eigenvalue weighted by atomic mass is 10.1. The molecule has 1 saturated heterocycles. The van der Waals surface area contributed by atoms with Crippen molar-refractivity contribution in [3.8, 4) is 0 Å². The molecule has 0 saturated carbocycles. The predicted octanol–water partition coefficient (Wildman–Crippen LogP) is 1.95. The molecule has 0 spiro atoms. The highest BCUT2D eigenvalue weighted by atomic mass is 19.1. The number of nitrogens with one attached hydrogen (secondary N) is 1. The minimum absolute atomic E-state index is 0.159. The smallest absolute Gasteiger partial charge is 0.123 e. The summed E-state index contributed by atoms with van der Waals surface area (Å²) in [5, 5.41) is 3.42. The molecular formula is C15H23FN2O. The zero-order chi connectivity index (χ0) is 13.5. The van der Waals surface area contributed by atoms with Gasteiger partial charge in [0.25, 0.3) is 0 Å². The minimum atomic E-state index is -0.159. The fourth-order valence-corrected chi connectivity index (χ4v) is 2.33. The van der Waals surface area contributed by atoms with Gasteiger partial charge in [-0.2, -0.15) is 0 Å². The number of morpholine rings is 1. The number of halogens is 1. The molecule has 1 heterocycles. The van der Waals surface area contributed by atoms with Gasteiger partial charge >= 0.3 is 0 Å². The van der Waals surface area contributed by atoms with E-state index in [0.717, 1.165) is 57.9 Å². The quantitative estimate of drug-likeness (QED) is 0.797. The predicted molar refractivity (Wildman–Crippen MR) is 74.7 cm³/mol. The van der Waals surface area contributed by atoms with Crippen LogP contribution in [0, 0.1) is 12.7 Å². The highest BCUT2D eigenvalue weighted by molar-refractivity contribution is 5.26. The number of rotatable bonds is 6. The van der Waals surface area contributed by atoms with E-state index >= 15 is 0 Å². The van der Waals surface area contributed by atoms with Crippen molar-refractivity contribution in [1.29, 1.82) is 0 Å². The van der Waals surface area contributed by atoms with Crippen LogP contribution < -0.4 is 5.32 Å². The first-order valence-electron chi connectivity index (χ1n) is 7.01. The monoisotopic (exact) mass is 266 g/mol. The summed E-state index contributed by atoms with van der Waals surface area (Å²) < 4.78 is 18.3. The topological polar surface area (TPSA) is 24.5 Å². The first kappa shape index (κ1) is 14.4. The Kier molecular flexibility index (Phi) is 5.76. The zero-order valence-electron chi connectivity index (χ0n) is 11.6. The molecule has 1 aromatic carbocycles. The number of benzene rings is 1. The summed E-state index contributed by atoms with van der Waals surface area (Å²) in [7, 11) is 0.